The SMILES string of the molecule is COc1ccc(N(Cc2cnccc2C)C2CCN([C@H](C)CCNC(=O)c3c(C)cc(C(=O)N4CCCC4)cc3C)CC2)cc1. The van der Waals surface area contributed by atoms with Gasteiger partial charge in [-0.1, -0.05) is 0 Å². The Bertz CT molecular complexity index is 1440. The Morgan fingerprint density at radius 2 is 1.64 bits per heavy atom. The summed E-state index contributed by atoms with van der Waals surface area (Å²) in [5, 5.41) is 3.16. The zero-order chi connectivity index (χ0) is 31.9. The lowest BCUT2D eigenvalue weighted by Crippen LogP contribution is -2.48. The number of likely N-dealkylation sites (tertiary alicyclic amines) is 2. The molecule has 1 aromatic heterocycles. The van der Waals surface area contributed by atoms with Crippen molar-refractivity contribution in [1.82, 2.24) is 20.1 Å². The Kier molecular flexibility index (Phi) is 10.8. The molecule has 2 aromatic carbocycles. The van der Waals surface area contributed by atoms with Gasteiger partial charge in [0.25, 0.3) is 11.8 Å². The van der Waals surface area contributed by atoms with Crippen molar-refractivity contribution in [3.63, 3.8) is 0 Å². The van der Waals surface area contributed by atoms with E-state index in [2.05, 4.69) is 52.1 Å². The van der Waals surface area contributed by atoms with Crippen molar-refractivity contribution >= 4 is 17.5 Å². The molecule has 2 saturated heterocycles. The predicted octanol–water partition coefficient (Wildman–Crippen LogP) is 5.93. The Morgan fingerprint density at radius 3 is 2.27 bits per heavy atom. The first-order valence-corrected chi connectivity index (χ1v) is 16.5. The summed E-state index contributed by atoms with van der Waals surface area (Å²) < 4.78 is 5.41. The number of rotatable bonds is 11. The van der Waals surface area contributed by atoms with E-state index in [0.717, 1.165) is 81.7 Å². The molecule has 2 fully saturated rings. The third-order valence-electron chi connectivity index (χ3n) is 9.70. The zero-order valence-electron chi connectivity index (χ0n) is 27.6. The summed E-state index contributed by atoms with van der Waals surface area (Å²) in [6, 6.07) is 15.0. The minimum Gasteiger partial charge on any atom is -0.497 e. The van der Waals surface area contributed by atoms with Crippen LogP contribution in [-0.2, 0) is 6.54 Å². The van der Waals surface area contributed by atoms with E-state index in [1.807, 2.05) is 55.4 Å². The maximum absolute atomic E-state index is 13.2. The van der Waals surface area contributed by atoms with Gasteiger partial charge in [0, 0.05) is 80.6 Å². The highest BCUT2D eigenvalue weighted by Gasteiger charge is 2.28. The van der Waals surface area contributed by atoms with Crippen LogP contribution in [-0.4, -0.2) is 78.5 Å². The van der Waals surface area contributed by atoms with Crippen molar-refractivity contribution in [1.29, 1.82) is 0 Å². The van der Waals surface area contributed by atoms with E-state index in [1.165, 1.54) is 16.8 Å². The standard InChI is InChI=1S/C37H49N5O3/c1-26-12-16-38-24-31(26)25-42(32-8-10-34(45-5)11-9-32)33-14-20-40(21-15-33)29(4)13-17-39-36(43)35-27(2)22-30(23-28(35)3)37(44)41-18-6-7-19-41/h8-12,16,22-24,29,33H,6-7,13-15,17-21,25H2,1-5H3,(H,39,43)/t29-/m1/s1. The van der Waals surface area contributed by atoms with Crippen molar-refractivity contribution in [2.45, 2.75) is 78.4 Å². The third-order valence-corrected chi connectivity index (χ3v) is 9.70. The molecule has 0 saturated carbocycles. The fraction of sp³-hybridized carbons (Fsp3) is 0.486. The van der Waals surface area contributed by atoms with Gasteiger partial charge in [-0.05, 0) is 125 Å². The van der Waals surface area contributed by atoms with Gasteiger partial charge >= 0.3 is 0 Å². The quantitative estimate of drug-likeness (QED) is 0.290. The summed E-state index contributed by atoms with van der Waals surface area (Å²) in [6.45, 7) is 13.4. The van der Waals surface area contributed by atoms with Gasteiger partial charge in [-0.2, -0.15) is 0 Å². The molecular formula is C37H49N5O3. The molecule has 8 heteroatoms. The maximum atomic E-state index is 13.2. The van der Waals surface area contributed by atoms with E-state index in [9.17, 15) is 9.59 Å². The Labute approximate surface area is 268 Å². The first-order chi connectivity index (χ1) is 21.7. The van der Waals surface area contributed by atoms with Crippen LogP contribution in [0, 0.1) is 20.8 Å². The second kappa shape index (κ2) is 14.9. The number of ether oxygens (including phenoxy) is 1. The zero-order valence-corrected chi connectivity index (χ0v) is 27.6. The monoisotopic (exact) mass is 611 g/mol. The number of carbonyl (C=O) groups excluding carboxylic acids is 2. The van der Waals surface area contributed by atoms with Gasteiger partial charge in [0.1, 0.15) is 5.75 Å². The molecule has 3 aromatic rings. The number of benzene rings is 2. The van der Waals surface area contributed by atoms with Crippen LogP contribution in [0.15, 0.2) is 54.9 Å². The van der Waals surface area contributed by atoms with Gasteiger partial charge in [-0.15, -0.1) is 0 Å². The lowest BCUT2D eigenvalue weighted by molar-refractivity contribution is 0.0791. The van der Waals surface area contributed by atoms with Gasteiger partial charge in [0.2, 0.25) is 0 Å². The average molecular weight is 612 g/mol. The molecule has 0 aliphatic carbocycles. The summed E-state index contributed by atoms with van der Waals surface area (Å²) in [6.07, 6.45) is 9.00. The average Bonchev–Trinajstić information content (AvgIpc) is 3.59. The van der Waals surface area contributed by atoms with Gasteiger partial charge in [0.15, 0.2) is 0 Å². The molecule has 1 atom stereocenters. The van der Waals surface area contributed by atoms with Crippen LogP contribution in [0.1, 0.15) is 82.0 Å². The van der Waals surface area contributed by atoms with E-state index in [1.54, 1.807) is 7.11 Å². The number of hydrogen-bond acceptors (Lipinski definition) is 6. The van der Waals surface area contributed by atoms with Crippen molar-refractivity contribution < 1.29 is 14.3 Å². The number of amides is 2. The molecule has 0 unspecified atom stereocenters. The van der Waals surface area contributed by atoms with Crippen LogP contribution in [0.2, 0.25) is 0 Å². The highest BCUT2D eigenvalue weighted by molar-refractivity contribution is 6.00. The number of aromatic nitrogens is 1. The fourth-order valence-electron chi connectivity index (χ4n) is 6.90. The first kappa shape index (κ1) is 32.5. The third kappa shape index (κ3) is 7.85. The van der Waals surface area contributed by atoms with Gasteiger partial charge in [-0.25, -0.2) is 0 Å². The number of nitrogens with zero attached hydrogens (tertiary/aromatic N) is 4. The number of methoxy groups -OCH3 is 1. The van der Waals surface area contributed by atoms with E-state index >= 15 is 0 Å². The lowest BCUT2D eigenvalue weighted by Gasteiger charge is -2.42. The minimum atomic E-state index is -0.0584. The molecule has 0 spiro atoms. The van der Waals surface area contributed by atoms with Gasteiger partial charge in [-0.3, -0.25) is 14.6 Å². The number of carbonyl (C=O) groups is 2. The van der Waals surface area contributed by atoms with Gasteiger partial charge < -0.3 is 24.8 Å². The number of aryl methyl sites for hydroxylation is 3. The van der Waals surface area contributed by atoms with E-state index in [-0.39, 0.29) is 11.8 Å². The Balaban J connectivity index is 1.15. The molecule has 240 valence electrons. The van der Waals surface area contributed by atoms with Crippen molar-refractivity contribution in [2.75, 3.05) is 44.7 Å². The number of pyridine rings is 1. The largest absolute Gasteiger partial charge is 0.497 e. The summed E-state index contributed by atoms with van der Waals surface area (Å²) >= 11 is 0. The molecule has 2 amide bonds. The molecular weight excluding hydrogens is 562 g/mol. The van der Waals surface area contributed by atoms with Crippen molar-refractivity contribution in [3.8, 4) is 5.75 Å². The Hall–Kier alpha value is -3.91. The van der Waals surface area contributed by atoms with Crippen LogP contribution in [0.25, 0.3) is 0 Å². The highest BCUT2D eigenvalue weighted by Crippen LogP contribution is 2.29. The molecule has 8 nitrogen and oxygen atoms in total. The van der Waals surface area contributed by atoms with Crippen LogP contribution in [0.4, 0.5) is 5.69 Å². The molecule has 0 bridgehead atoms. The lowest BCUT2D eigenvalue weighted by atomic mass is 9.97. The minimum absolute atomic E-state index is 0.0584. The number of anilines is 1. The summed E-state index contributed by atoms with van der Waals surface area (Å²) in [7, 11) is 1.70. The maximum Gasteiger partial charge on any atom is 0.253 e. The van der Waals surface area contributed by atoms with E-state index in [4.69, 9.17) is 4.74 Å². The summed E-state index contributed by atoms with van der Waals surface area (Å²) in [5.74, 6) is 0.876. The molecule has 1 N–H and O–H groups in total. The van der Waals surface area contributed by atoms with Crippen LogP contribution in [0.3, 0.4) is 0 Å². The smallest absolute Gasteiger partial charge is 0.253 e. The second-order valence-electron chi connectivity index (χ2n) is 12.8. The molecule has 45 heavy (non-hydrogen) atoms. The van der Waals surface area contributed by atoms with Crippen molar-refractivity contribution in [2.24, 2.45) is 0 Å². The van der Waals surface area contributed by atoms with Crippen LogP contribution in [0.5, 0.6) is 5.75 Å². The fourth-order valence-corrected chi connectivity index (χ4v) is 6.90. The first-order valence-electron chi connectivity index (χ1n) is 16.5. The number of hydrogen-bond donors (Lipinski definition) is 1. The number of nitrogens with one attached hydrogen (secondary N) is 1. The molecule has 2 aliphatic heterocycles. The molecule has 0 radical (unpaired) electrons. The molecule has 2 aliphatic rings. The summed E-state index contributed by atoms with van der Waals surface area (Å²) in [5.41, 5.74) is 6.78. The van der Waals surface area contributed by atoms with E-state index < -0.39 is 0 Å². The van der Waals surface area contributed by atoms with E-state index in [0.29, 0.717) is 29.8 Å². The van der Waals surface area contributed by atoms with Crippen LogP contribution >= 0.6 is 0 Å². The highest BCUT2D eigenvalue weighted by atomic mass is 16.5. The Morgan fingerprint density at radius 1 is 0.978 bits per heavy atom. The number of piperidine rings is 1. The molecule has 5 rings (SSSR count). The normalized spacial score (nSPS) is 16.4. The summed E-state index contributed by atoms with van der Waals surface area (Å²) in [4.78, 5) is 37.5. The van der Waals surface area contributed by atoms with Crippen LogP contribution < -0.4 is 15.0 Å². The van der Waals surface area contributed by atoms with Gasteiger partial charge in [0.05, 0.1) is 7.11 Å². The second-order valence-corrected chi connectivity index (χ2v) is 12.8. The predicted molar refractivity (Wildman–Crippen MR) is 180 cm³/mol. The van der Waals surface area contributed by atoms with Crippen molar-refractivity contribution in [3.05, 3.63) is 88.2 Å². The topological polar surface area (TPSA) is 78.0 Å². The molecule has 3 heterocycles.